The monoisotopic (exact) mass is 370 g/mol. The Morgan fingerprint density at radius 3 is 2.08 bits per heavy atom. The third kappa shape index (κ3) is 5.18. The van der Waals surface area contributed by atoms with Crippen LogP contribution in [0, 0.1) is 6.07 Å². The van der Waals surface area contributed by atoms with E-state index in [1.54, 1.807) is 0 Å². The Morgan fingerprint density at radius 2 is 1.77 bits per heavy atom. The maximum absolute atomic E-state index is 11.9. The van der Waals surface area contributed by atoms with Crippen LogP contribution in [0.1, 0.15) is 5.56 Å². The van der Waals surface area contributed by atoms with Gasteiger partial charge in [0.2, 0.25) is 0 Å². The maximum atomic E-state index is 11.9. The first-order chi connectivity index (χ1) is 5.00. The molecule has 0 aliphatic carbocycles. The van der Waals surface area contributed by atoms with Gasteiger partial charge in [-0.3, -0.25) is 0 Å². The van der Waals surface area contributed by atoms with Crippen LogP contribution in [0.5, 0.6) is 0 Å². The van der Waals surface area contributed by atoms with Gasteiger partial charge < -0.3 is 24.0 Å². The molecule has 0 amide bonds. The zero-order valence-corrected chi connectivity index (χ0v) is 12.2. The van der Waals surface area contributed by atoms with E-state index < -0.39 is 11.7 Å². The van der Waals surface area contributed by atoms with Gasteiger partial charge in [0.05, 0.1) is 0 Å². The number of rotatable bonds is 0. The number of alkyl halides is 3. The first-order valence-electron chi connectivity index (χ1n) is 2.74. The third-order valence-electron chi connectivity index (χ3n) is 1.10. The molecule has 0 aromatic heterocycles. The van der Waals surface area contributed by atoms with E-state index in [1.807, 2.05) is 0 Å². The van der Waals surface area contributed by atoms with Gasteiger partial charge in [0, 0.05) is 0 Å². The summed E-state index contributed by atoms with van der Waals surface area (Å²) in [5, 5.41) is 0.179. The quantitative estimate of drug-likeness (QED) is 0.346. The molecule has 0 N–H and O–H groups in total. The zero-order valence-electron chi connectivity index (χ0n) is 6.33. The Morgan fingerprint density at radius 1 is 1.23 bits per heavy atom. The molecule has 0 fully saturated rings. The van der Waals surface area contributed by atoms with Crippen molar-refractivity contribution in [2.75, 3.05) is 0 Å². The molecule has 13 heavy (non-hydrogen) atoms. The van der Waals surface area contributed by atoms with Gasteiger partial charge in [0.1, 0.15) is 0 Å². The summed E-state index contributed by atoms with van der Waals surface area (Å²) in [6, 6.07) is 5.15. The predicted octanol–water partition coefficient (Wildman–Crippen LogP) is 0.160. The van der Waals surface area contributed by atoms with E-state index in [-0.39, 0.29) is 48.5 Å². The Labute approximate surface area is 109 Å². The molecule has 0 radical (unpaired) electrons. The fourth-order valence-corrected chi connectivity index (χ4v) is 0.700. The topological polar surface area (TPSA) is 0 Å². The van der Waals surface area contributed by atoms with Crippen molar-refractivity contribution in [3.8, 4) is 0 Å². The standard InChI is InChI=1S/C7H3ClF3.HI.Zn/c8-6-3-1-5(2-4-6)7(9,10)11;;/h1-3H;1H;/q-1;;+2/p-1. The number of halogens is 5. The van der Waals surface area contributed by atoms with Crippen molar-refractivity contribution < 1.29 is 56.6 Å². The molecule has 0 atom stereocenters. The minimum atomic E-state index is -4.30. The Balaban J connectivity index is 0. The molecule has 1 aromatic carbocycles. The normalized spacial score (nSPS) is 9.85. The first-order valence-corrected chi connectivity index (χ1v) is 3.12. The fourth-order valence-electron chi connectivity index (χ4n) is 0.582. The van der Waals surface area contributed by atoms with Gasteiger partial charge in [-0.15, -0.1) is 11.6 Å². The predicted molar refractivity (Wildman–Crippen MR) is 35.3 cm³/mol. The Hall–Kier alpha value is 0.653. The smallest absolute Gasteiger partial charge is 1.00 e. The minimum absolute atomic E-state index is 0. The molecule has 0 aliphatic heterocycles. The van der Waals surface area contributed by atoms with E-state index in [4.69, 9.17) is 11.6 Å². The Bertz CT molecular complexity index is 247. The van der Waals surface area contributed by atoms with Crippen LogP contribution in [-0.2, 0) is 25.7 Å². The molecule has 0 bridgehead atoms. The second-order valence-corrected chi connectivity index (χ2v) is 2.33. The summed E-state index contributed by atoms with van der Waals surface area (Å²) < 4.78 is 35.6. The minimum Gasteiger partial charge on any atom is -1.00 e. The van der Waals surface area contributed by atoms with Crippen LogP contribution >= 0.6 is 11.6 Å². The average Bonchev–Trinajstić information content (AvgIpc) is 1.86. The second-order valence-electron chi connectivity index (χ2n) is 1.92. The molecule has 0 unspecified atom stereocenters. The van der Waals surface area contributed by atoms with Crippen molar-refractivity contribution in [3.63, 3.8) is 0 Å². The maximum Gasteiger partial charge on any atom is 2.00 e. The summed E-state index contributed by atoms with van der Waals surface area (Å²) in [5.41, 5.74) is -0.734. The van der Waals surface area contributed by atoms with Crippen molar-refractivity contribution in [2.45, 2.75) is 6.18 Å². The molecule has 68 valence electrons. The van der Waals surface area contributed by atoms with Crippen LogP contribution in [0.2, 0.25) is 5.02 Å². The average molecular weight is 372 g/mol. The molecule has 0 saturated carbocycles. The van der Waals surface area contributed by atoms with Crippen LogP contribution in [0.3, 0.4) is 0 Å². The molecular weight excluding hydrogens is 369 g/mol. The van der Waals surface area contributed by atoms with Crippen molar-refractivity contribution in [1.82, 2.24) is 0 Å². The molecule has 0 nitrogen and oxygen atoms in total. The van der Waals surface area contributed by atoms with Gasteiger partial charge in [-0.25, -0.2) is 0 Å². The summed E-state index contributed by atoms with van der Waals surface area (Å²) >= 11 is 5.34. The van der Waals surface area contributed by atoms with E-state index in [2.05, 4.69) is 6.07 Å². The van der Waals surface area contributed by atoms with Crippen LogP contribution in [0.25, 0.3) is 0 Å². The van der Waals surface area contributed by atoms with Gasteiger partial charge in [0.15, 0.2) is 0 Å². The van der Waals surface area contributed by atoms with Gasteiger partial charge >= 0.3 is 25.7 Å². The van der Waals surface area contributed by atoms with E-state index in [9.17, 15) is 13.2 Å². The van der Waals surface area contributed by atoms with Gasteiger partial charge in [0.25, 0.3) is 0 Å². The number of hydrogen-bond acceptors (Lipinski definition) is 0. The molecule has 6 heteroatoms. The van der Waals surface area contributed by atoms with E-state index in [1.165, 1.54) is 0 Å². The van der Waals surface area contributed by atoms with Crippen molar-refractivity contribution in [3.05, 3.63) is 34.9 Å². The first kappa shape index (κ1) is 16.1. The third-order valence-corrected chi connectivity index (χ3v) is 1.34. The molecular formula is C7H3ClF3IZn. The number of hydrogen-bond donors (Lipinski definition) is 0. The van der Waals surface area contributed by atoms with Gasteiger partial charge in [-0.2, -0.15) is 37.4 Å². The molecule has 0 spiro atoms. The van der Waals surface area contributed by atoms with Crippen LogP contribution in [0.15, 0.2) is 18.2 Å². The fraction of sp³-hybridized carbons (Fsp3) is 0.143. The van der Waals surface area contributed by atoms with Crippen LogP contribution in [0.4, 0.5) is 13.2 Å². The van der Waals surface area contributed by atoms with Crippen molar-refractivity contribution >= 4 is 11.6 Å². The summed E-state index contributed by atoms with van der Waals surface area (Å²) in [6.45, 7) is 0. The summed E-state index contributed by atoms with van der Waals surface area (Å²) in [7, 11) is 0. The Kier molecular flexibility index (Phi) is 7.67. The van der Waals surface area contributed by atoms with E-state index in [0.717, 1.165) is 18.2 Å². The van der Waals surface area contributed by atoms with Crippen LogP contribution < -0.4 is 24.0 Å². The van der Waals surface area contributed by atoms with Crippen molar-refractivity contribution in [2.24, 2.45) is 0 Å². The summed E-state index contributed by atoms with van der Waals surface area (Å²) in [5.74, 6) is 0. The number of benzene rings is 1. The molecule has 0 saturated heterocycles. The van der Waals surface area contributed by atoms with Crippen molar-refractivity contribution in [1.29, 1.82) is 0 Å². The largest absolute Gasteiger partial charge is 2.00 e. The van der Waals surface area contributed by atoms with Crippen LogP contribution in [-0.4, -0.2) is 0 Å². The molecule has 0 aliphatic rings. The van der Waals surface area contributed by atoms with E-state index in [0.29, 0.717) is 0 Å². The second kappa shape index (κ2) is 6.20. The van der Waals surface area contributed by atoms with Gasteiger partial charge in [-0.1, -0.05) is 10.6 Å². The molecule has 0 heterocycles. The SMILES string of the molecule is FC(F)(F)c1c[c-]c(Cl)cc1.[I-].[Zn+2]. The van der Waals surface area contributed by atoms with Gasteiger partial charge in [-0.05, 0) is 0 Å². The summed E-state index contributed by atoms with van der Waals surface area (Å²) in [6.07, 6.45) is -4.30. The molecule has 1 rings (SSSR count). The molecule has 1 aromatic rings. The van der Waals surface area contributed by atoms with E-state index >= 15 is 0 Å². The zero-order chi connectivity index (χ0) is 8.48. The summed E-state index contributed by atoms with van der Waals surface area (Å²) in [4.78, 5) is 0.